The van der Waals surface area contributed by atoms with E-state index >= 15 is 0 Å². The monoisotopic (exact) mass is 406 g/mol. The van der Waals surface area contributed by atoms with Gasteiger partial charge in [-0.15, -0.1) is 0 Å². The van der Waals surface area contributed by atoms with Crippen molar-refractivity contribution in [1.29, 1.82) is 0 Å². The minimum Gasteiger partial charge on any atom is -0.355 e. The van der Waals surface area contributed by atoms with Crippen LogP contribution in [0.2, 0.25) is 5.02 Å². The van der Waals surface area contributed by atoms with E-state index in [0.717, 1.165) is 5.39 Å². The standard InChI is InChI=1S/C18H17ClF2N6O/c1-2-23-17(28)14-4-18(20,21)9-27(14)15-8-22-7-13(26-15)12-6-25-16-11(12)3-10(19)5-24-16/h3,5-8,14H,2,4,9H2,1H3,(H,23,28)(H,24,25)/t14-/m0/s1. The molecule has 1 aliphatic rings. The number of nitrogens with one attached hydrogen (secondary N) is 2. The van der Waals surface area contributed by atoms with Gasteiger partial charge in [-0.05, 0) is 13.0 Å². The molecule has 0 saturated carbocycles. The summed E-state index contributed by atoms with van der Waals surface area (Å²) >= 11 is 6.04. The topological polar surface area (TPSA) is 86.8 Å². The molecule has 7 nitrogen and oxygen atoms in total. The maximum atomic E-state index is 14.1. The summed E-state index contributed by atoms with van der Waals surface area (Å²) in [6.07, 6.45) is 5.59. The molecule has 1 atom stereocenters. The SMILES string of the molecule is CCNC(=O)[C@@H]1CC(F)(F)CN1c1cncc(-c2c[nH]c3ncc(Cl)cc23)n1. The number of fused-ring (bicyclic) bond motifs is 1. The zero-order valence-electron chi connectivity index (χ0n) is 14.9. The summed E-state index contributed by atoms with van der Waals surface area (Å²) in [5.74, 6) is -3.21. The fourth-order valence-electron chi connectivity index (χ4n) is 3.40. The van der Waals surface area contributed by atoms with Crippen molar-refractivity contribution in [3.63, 3.8) is 0 Å². The molecule has 146 valence electrons. The van der Waals surface area contributed by atoms with Gasteiger partial charge in [-0.25, -0.2) is 18.7 Å². The number of halogens is 3. The van der Waals surface area contributed by atoms with Crippen molar-refractivity contribution in [3.8, 4) is 11.3 Å². The third-order valence-electron chi connectivity index (χ3n) is 4.61. The largest absolute Gasteiger partial charge is 0.355 e. The van der Waals surface area contributed by atoms with Gasteiger partial charge < -0.3 is 15.2 Å². The fourth-order valence-corrected chi connectivity index (χ4v) is 3.56. The van der Waals surface area contributed by atoms with Crippen LogP contribution in [0.15, 0.2) is 30.9 Å². The first-order valence-electron chi connectivity index (χ1n) is 8.75. The van der Waals surface area contributed by atoms with Gasteiger partial charge in [0.1, 0.15) is 17.5 Å². The van der Waals surface area contributed by atoms with Crippen LogP contribution in [-0.2, 0) is 4.79 Å². The fraction of sp³-hybridized carbons (Fsp3) is 0.333. The molecule has 0 radical (unpaired) electrons. The van der Waals surface area contributed by atoms with E-state index in [1.165, 1.54) is 23.5 Å². The number of H-pyrrole nitrogens is 1. The van der Waals surface area contributed by atoms with E-state index in [4.69, 9.17) is 11.6 Å². The van der Waals surface area contributed by atoms with Crippen molar-refractivity contribution < 1.29 is 13.6 Å². The number of aromatic nitrogens is 4. The van der Waals surface area contributed by atoms with Gasteiger partial charge in [0.25, 0.3) is 5.92 Å². The van der Waals surface area contributed by atoms with Crippen LogP contribution in [0, 0.1) is 0 Å². The molecule has 28 heavy (non-hydrogen) atoms. The molecule has 2 N–H and O–H groups in total. The predicted molar refractivity (Wildman–Crippen MR) is 102 cm³/mol. The molecule has 1 amide bonds. The van der Waals surface area contributed by atoms with Crippen molar-refractivity contribution in [2.24, 2.45) is 0 Å². The van der Waals surface area contributed by atoms with Crippen molar-refractivity contribution in [1.82, 2.24) is 25.3 Å². The molecule has 1 fully saturated rings. The molecule has 1 aliphatic heterocycles. The van der Waals surface area contributed by atoms with Crippen LogP contribution < -0.4 is 10.2 Å². The molecule has 0 spiro atoms. The van der Waals surface area contributed by atoms with Crippen molar-refractivity contribution in [3.05, 3.63) is 35.9 Å². The number of nitrogens with zero attached hydrogens (tertiary/aromatic N) is 4. The molecule has 0 aliphatic carbocycles. The summed E-state index contributed by atoms with van der Waals surface area (Å²) in [6.45, 7) is 1.52. The van der Waals surface area contributed by atoms with Crippen LogP contribution >= 0.6 is 11.6 Å². The van der Waals surface area contributed by atoms with E-state index < -0.39 is 30.8 Å². The summed E-state index contributed by atoms with van der Waals surface area (Å²) in [5, 5.41) is 3.81. The summed E-state index contributed by atoms with van der Waals surface area (Å²) in [5.41, 5.74) is 1.79. The van der Waals surface area contributed by atoms with Gasteiger partial charge in [-0.3, -0.25) is 9.78 Å². The normalized spacial score (nSPS) is 18.6. The number of pyridine rings is 1. The Morgan fingerprint density at radius 2 is 2.25 bits per heavy atom. The van der Waals surface area contributed by atoms with Crippen molar-refractivity contribution in [2.75, 3.05) is 18.0 Å². The Kier molecular flexibility index (Phi) is 4.62. The maximum Gasteiger partial charge on any atom is 0.267 e. The van der Waals surface area contributed by atoms with Crippen LogP contribution in [-0.4, -0.2) is 50.9 Å². The van der Waals surface area contributed by atoms with Gasteiger partial charge in [0.2, 0.25) is 5.91 Å². The number of rotatable bonds is 4. The summed E-state index contributed by atoms with van der Waals surface area (Å²) < 4.78 is 28.1. The van der Waals surface area contributed by atoms with Crippen LogP contribution in [0.25, 0.3) is 22.3 Å². The number of hydrogen-bond donors (Lipinski definition) is 2. The number of alkyl halides is 2. The summed E-state index contributed by atoms with van der Waals surface area (Å²) in [7, 11) is 0. The molecule has 4 rings (SSSR count). The third-order valence-corrected chi connectivity index (χ3v) is 4.82. The molecular weight excluding hydrogens is 390 g/mol. The second kappa shape index (κ2) is 6.97. The first kappa shape index (κ1) is 18.5. The molecule has 4 heterocycles. The Labute approximate surface area is 164 Å². The number of anilines is 1. The first-order valence-corrected chi connectivity index (χ1v) is 9.13. The Morgan fingerprint density at radius 3 is 3.04 bits per heavy atom. The summed E-state index contributed by atoms with van der Waals surface area (Å²) in [6, 6.07) is 0.740. The zero-order chi connectivity index (χ0) is 19.9. The van der Waals surface area contributed by atoms with E-state index in [1.54, 1.807) is 19.2 Å². The molecule has 1 saturated heterocycles. The number of likely N-dealkylation sites (N-methyl/N-ethyl adjacent to an activating group) is 1. The van der Waals surface area contributed by atoms with E-state index in [0.29, 0.717) is 28.5 Å². The van der Waals surface area contributed by atoms with Crippen LogP contribution in [0.5, 0.6) is 0 Å². The quantitative estimate of drug-likeness (QED) is 0.695. The lowest BCUT2D eigenvalue weighted by Crippen LogP contribution is -2.43. The molecule has 10 heteroatoms. The highest BCUT2D eigenvalue weighted by molar-refractivity contribution is 6.31. The minimum atomic E-state index is -2.98. The van der Waals surface area contributed by atoms with Gasteiger partial charge in [0.05, 0.1) is 29.7 Å². The van der Waals surface area contributed by atoms with Gasteiger partial charge in [0.15, 0.2) is 0 Å². The van der Waals surface area contributed by atoms with E-state index in [2.05, 4.69) is 25.3 Å². The molecular formula is C18H17ClF2N6O. The lowest BCUT2D eigenvalue weighted by molar-refractivity contribution is -0.122. The van der Waals surface area contributed by atoms with Gasteiger partial charge >= 0.3 is 0 Å². The number of carbonyl (C=O) groups excluding carboxylic acids is 1. The Hall–Kier alpha value is -2.81. The summed E-state index contributed by atoms with van der Waals surface area (Å²) in [4.78, 5) is 29.5. The van der Waals surface area contributed by atoms with Gasteiger partial charge in [-0.1, -0.05) is 11.6 Å². The van der Waals surface area contributed by atoms with Crippen LogP contribution in [0.1, 0.15) is 13.3 Å². The zero-order valence-corrected chi connectivity index (χ0v) is 15.7. The van der Waals surface area contributed by atoms with Gasteiger partial charge in [0, 0.05) is 36.3 Å². The van der Waals surface area contributed by atoms with Gasteiger partial charge in [-0.2, -0.15) is 0 Å². The highest BCUT2D eigenvalue weighted by Crippen LogP contribution is 2.36. The highest BCUT2D eigenvalue weighted by atomic mass is 35.5. The molecule has 0 bridgehead atoms. The molecule has 0 unspecified atom stereocenters. The van der Waals surface area contributed by atoms with Crippen molar-refractivity contribution >= 4 is 34.4 Å². The lowest BCUT2D eigenvalue weighted by atomic mass is 10.1. The smallest absolute Gasteiger partial charge is 0.267 e. The first-order chi connectivity index (χ1) is 13.4. The number of hydrogen-bond acceptors (Lipinski definition) is 5. The second-order valence-electron chi connectivity index (χ2n) is 6.61. The third kappa shape index (κ3) is 3.37. The highest BCUT2D eigenvalue weighted by Gasteiger charge is 2.48. The average Bonchev–Trinajstić information content (AvgIpc) is 3.22. The minimum absolute atomic E-state index is 0.218. The molecule has 3 aromatic heterocycles. The van der Waals surface area contributed by atoms with Crippen LogP contribution in [0.3, 0.4) is 0 Å². The Balaban J connectivity index is 1.73. The van der Waals surface area contributed by atoms with E-state index in [9.17, 15) is 13.6 Å². The van der Waals surface area contributed by atoms with E-state index in [1.807, 2.05) is 0 Å². The number of carbonyl (C=O) groups is 1. The van der Waals surface area contributed by atoms with Crippen molar-refractivity contribution in [2.45, 2.75) is 25.3 Å². The maximum absolute atomic E-state index is 14.1. The Bertz CT molecular complexity index is 1040. The second-order valence-corrected chi connectivity index (χ2v) is 7.05. The molecule has 0 aromatic carbocycles. The van der Waals surface area contributed by atoms with Crippen LogP contribution in [0.4, 0.5) is 14.6 Å². The average molecular weight is 407 g/mol. The number of amides is 1. The molecule has 3 aromatic rings. The predicted octanol–water partition coefficient (Wildman–Crippen LogP) is 3.02. The number of aromatic amines is 1. The van der Waals surface area contributed by atoms with E-state index in [-0.39, 0.29) is 5.82 Å². The lowest BCUT2D eigenvalue weighted by Gasteiger charge is -2.24. The Morgan fingerprint density at radius 1 is 1.43 bits per heavy atom.